The van der Waals surface area contributed by atoms with Gasteiger partial charge in [0.05, 0.1) is 22.5 Å². The first-order valence-electron chi connectivity index (χ1n) is 9.47. The second-order valence-electron chi connectivity index (χ2n) is 7.01. The lowest BCUT2D eigenvalue weighted by Crippen LogP contribution is -2.34. The summed E-state index contributed by atoms with van der Waals surface area (Å²) in [6.07, 6.45) is 0. The van der Waals surface area contributed by atoms with Gasteiger partial charge in [0.25, 0.3) is 5.56 Å². The Hall–Kier alpha value is -3.45. The van der Waals surface area contributed by atoms with Crippen molar-refractivity contribution in [1.82, 2.24) is 24.9 Å². The molecule has 1 amide bonds. The highest BCUT2D eigenvalue weighted by atomic mass is 35.5. The number of rotatable bonds is 5. The van der Waals surface area contributed by atoms with Gasteiger partial charge in [-0.15, -0.1) is 0 Å². The van der Waals surface area contributed by atoms with E-state index in [4.69, 9.17) is 11.6 Å². The molecule has 4 rings (SSSR count). The van der Waals surface area contributed by atoms with Crippen LogP contribution in [0.2, 0.25) is 5.02 Å². The van der Waals surface area contributed by atoms with Gasteiger partial charge in [-0.2, -0.15) is 10.2 Å². The van der Waals surface area contributed by atoms with Crippen LogP contribution in [0.15, 0.2) is 59.4 Å². The second kappa shape index (κ2) is 8.12. The SMILES string of the molecule is Cc1nn(CC(=O)NCc2ccc(Cl)cc2)c(=O)c2nn(-c3ccccc3)c(C)c12. The van der Waals surface area contributed by atoms with E-state index in [1.807, 2.05) is 56.3 Å². The molecule has 30 heavy (non-hydrogen) atoms. The monoisotopic (exact) mass is 421 g/mol. The van der Waals surface area contributed by atoms with Crippen molar-refractivity contribution in [2.75, 3.05) is 0 Å². The number of carbonyl (C=O) groups is 1. The largest absolute Gasteiger partial charge is 0.350 e. The molecule has 0 aliphatic rings. The number of nitrogens with zero attached hydrogens (tertiary/aromatic N) is 4. The molecule has 4 aromatic rings. The molecular weight excluding hydrogens is 402 g/mol. The predicted molar refractivity (Wildman–Crippen MR) is 116 cm³/mol. The van der Waals surface area contributed by atoms with E-state index >= 15 is 0 Å². The zero-order chi connectivity index (χ0) is 21.3. The molecule has 0 saturated carbocycles. The quantitative estimate of drug-likeness (QED) is 0.536. The Morgan fingerprint density at radius 3 is 2.43 bits per heavy atom. The van der Waals surface area contributed by atoms with Gasteiger partial charge in [0.2, 0.25) is 5.91 Å². The Kier molecular flexibility index (Phi) is 5.37. The van der Waals surface area contributed by atoms with E-state index in [1.165, 1.54) is 0 Å². The maximum absolute atomic E-state index is 13.0. The number of carbonyl (C=O) groups excluding carboxylic acids is 1. The van der Waals surface area contributed by atoms with Crippen LogP contribution in [0.3, 0.4) is 0 Å². The van der Waals surface area contributed by atoms with E-state index in [-0.39, 0.29) is 12.5 Å². The fourth-order valence-electron chi connectivity index (χ4n) is 3.41. The fourth-order valence-corrected chi connectivity index (χ4v) is 3.53. The third-order valence-electron chi connectivity index (χ3n) is 4.88. The van der Waals surface area contributed by atoms with Crippen molar-refractivity contribution in [2.45, 2.75) is 26.9 Å². The minimum atomic E-state index is -0.393. The van der Waals surface area contributed by atoms with Gasteiger partial charge in [-0.3, -0.25) is 9.59 Å². The first-order chi connectivity index (χ1) is 14.4. The van der Waals surface area contributed by atoms with Crippen LogP contribution < -0.4 is 10.9 Å². The third kappa shape index (κ3) is 3.84. The molecule has 0 unspecified atom stereocenters. The van der Waals surface area contributed by atoms with Crippen molar-refractivity contribution < 1.29 is 4.79 Å². The molecule has 7 nitrogen and oxygen atoms in total. The van der Waals surface area contributed by atoms with E-state index in [9.17, 15) is 9.59 Å². The predicted octanol–water partition coefficient (Wildman–Crippen LogP) is 3.17. The van der Waals surface area contributed by atoms with E-state index in [0.29, 0.717) is 28.2 Å². The number of halogens is 1. The number of nitrogens with one attached hydrogen (secondary N) is 1. The molecule has 0 atom stereocenters. The maximum atomic E-state index is 13.0. The molecule has 0 fully saturated rings. The zero-order valence-corrected chi connectivity index (χ0v) is 17.3. The van der Waals surface area contributed by atoms with Crippen LogP contribution in [-0.2, 0) is 17.9 Å². The third-order valence-corrected chi connectivity index (χ3v) is 5.13. The number of aryl methyl sites for hydroxylation is 2. The Labute approximate surface area is 177 Å². The lowest BCUT2D eigenvalue weighted by molar-refractivity contribution is -0.122. The number of amides is 1. The first-order valence-corrected chi connectivity index (χ1v) is 9.85. The zero-order valence-electron chi connectivity index (χ0n) is 16.6. The van der Waals surface area contributed by atoms with Crippen molar-refractivity contribution in [1.29, 1.82) is 0 Å². The summed E-state index contributed by atoms with van der Waals surface area (Å²) in [6.45, 7) is 3.88. The molecule has 2 aromatic heterocycles. The number of benzene rings is 2. The molecule has 0 saturated heterocycles. The van der Waals surface area contributed by atoms with Crippen molar-refractivity contribution in [3.8, 4) is 5.69 Å². The highest BCUT2D eigenvalue weighted by Gasteiger charge is 2.18. The smallest absolute Gasteiger partial charge is 0.295 e. The van der Waals surface area contributed by atoms with Gasteiger partial charge in [0.15, 0.2) is 5.52 Å². The number of hydrogen-bond donors (Lipinski definition) is 1. The lowest BCUT2D eigenvalue weighted by atomic mass is 10.2. The molecule has 0 spiro atoms. The molecule has 2 heterocycles. The van der Waals surface area contributed by atoms with Crippen molar-refractivity contribution >= 4 is 28.4 Å². The second-order valence-corrected chi connectivity index (χ2v) is 7.44. The van der Waals surface area contributed by atoms with Gasteiger partial charge in [-0.25, -0.2) is 9.36 Å². The Bertz CT molecular complexity index is 1280. The summed E-state index contributed by atoms with van der Waals surface area (Å²) >= 11 is 5.87. The van der Waals surface area contributed by atoms with Crippen molar-refractivity contribution in [2.24, 2.45) is 0 Å². The highest BCUT2D eigenvalue weighted by molar-refractivity contribution is 6.30. The van der Waals surface area contributed by atoms with E-state index < -0.39 is 5.56 Å². The van der Waals surface area contributed by atoms with Crippen LogP contribution in [0.1, 0.15) is 17.0 Å². The van der Waals surface area contributed by atoms with Crippen molar-refractivity contribution in [3.63, 3.8) is 0 Å². The summed E-state index contributed by atoms with van der Waals surface area (Å²) in [5.74, 6) is -0.308. The number of fused-ring (bicyclic) bond motifs is 1. The number of hydrogen-bond acceptors (Lipinski definition) is 4. The summed E-state index contributed by atoms with van der Waals surface area (Å²) in [6, 6.07) is 16.8. The average molecular weight is 422 g/mol. The van der Waals surface area contributed by atoms with E-state index in [0.717, 1.165) is 21.6 Å². The number of aromatic nitrogens is 4. The van der Waals surface area contributed by atoms with E-state index in [2.05, 4.69) is 15.5 Å². The summed E-state index contributed by atoms with van der Waals surface area (Å²) in [7, 11) is 0. The van der Waals surface area contributed by atoms with Crippen LogP contribution in [-0.4, -0.2) is 25.5 Å². The molecule has 0 bridgehead atoms. The summed E-state index contributed by atoms with van der Waals surface area (Å²) in [4.78, 5) is 25.3. The minimum absolute atomic E-state index is 0.180. The molecule has 8 heteroatoms. The summed E-state index contributed by atoms with van der Waals surface area (Å²) in [5, 5.41) is 13.0. The average Bonchev–Trinajstić information content (AvgIpc) is 3.10. The van der Waals surface area contributed by atoms with Crippen LogP contribution in [0, 0.1) is 13.8 Å². The highest BCUT2D eigenvalue weighted by Crippen LogP contribution is 2.20. The Morgan fingerprint density at radius 2 is 1.73 bits per heavy atom. The summed E-state index contributed by atoms with van der Waals surface area (Å²) in [5.41, 5.74) is 3.16. The molecule has 0 aliphatic carbocycles. The molecular formula is C22H20ClN5O2. The molecule has 1 N–H and O–H groups in total. The molecule has 152 valence electrons. The fraction of sp³-hybridized carbons (Fsp3) is 0.182. The van der Waals surface area contributed by atoms with Crippen LogP contribution in [0.5, 0.6) is 0 Å². The maximum Gasteiger partial charge on any atom is 0.295 e. The molecule has 2 aromatic carbocycles. The Morgan fingerprint density at radius 1 is 1.03 bits per heavy atom. The van der Waals surface area contributed by atoms with Crippen molar-refractivity contribution in [3.05, 3.63) is 86.9 Å². The van der Waals surface area contributed by atoms with Crippen LogP contribution >= 0.6 is 11.6 Å². The lowest BCUT2D eigenvalue weighted by Gasteiger charge is -2.08. The Balaban J connectivity index is 1.60. The first kappa shape index (κ1) is 19.8. The van der Waals surface area contributed by atoms with E-state index in [1.54, 1.807) is 16.8 Å². The van der Waals surface area contributed by atoms with Gasteiger partial charge in [0.1, 0.15) is 6.54 Å². The van der Waals surface area contributed by atoms with Gasteiger partial charge in [-0.05, 0) is 43.7 Å². The normalized spacial score (nSPS) is 11.0. The van der Waals surface area contributed by atoms with Gasteiger partial charge < -0.3 is 5.32 Å². The standard InChI is InChI=1S/C22H20ClN5O2/c1-14-20-15(2)28(18-6-4-3-5-7-18)26-21(20)22(30)27(25-14)13-19(29)24-12-16-8-10-17(23)11-9-16/h3-11H,12-13H2,1-2H3,(H,24,29). The van der Waals surface area contributed by atoms with Gasteiger partial charge in [-0.1, -0.05) is 41.9 Å². The van der Waals surface area contributed by atoms with Gasteiger partial charge >= 0.3 is 0 Å². The number of para-hydroxylation sites is 1. The minimum Gasteiger partial charge on any atom is -0.350 e. The molecule has 0 radical (unpaired) electrons. The molecule has 0 aliphatic heterocycles. The van der Waals surface area contributed by atoms with Crippen LogP contribution in [0.4, 0.5) is 0 Å². The van der Waals surface area contributed by atoms with Gasteiger partial charge in [0, 0.05) is 11.6 Å². The topological polar surface area (TPSA) is 81.8 Å². The van der Waals surface area contributed by atoms with Crippen LogP contribution in [0.25, 0.3) is 16.6 Å². The summed E-state index contributed by atoms with van der Waals surface area (Å²) < 4.78 is 2.89.